The van der Waals surface area contributed by atoms with E-state index < -0.39 is 0 Å². The molecule has 0 atom stereocenters. The fourth-order valence-corrected chi connectivity index (χ4v) is 3.96. The molecule has 0 spiro atoms. The first-order chi connectivity index (χ1) is 14.0. The summed E-state index contributed by atoms with van der Waals surface area (Å²) in [5.41, 5.74) is 0.574. The van der Waals surface area contributed by atoms with Crippen LogP contribution in [0.5, 0.6) is 0 Å². The Kier molecular flexibility index (Phi) is 7.92. The van der Waals surface area contributed by atoms with E-state index >= 15 is 0 Å². The van der Waals surface area contributed by atoms with Gasteiger partial charge in [-0.3, -0.25) is 24.2 Å². The van der Waals surface area contributed by atoms with Gasteiger partial charge in [0.25, 0.3) is 0 Å². The van der Waals surface area contributed by atoms with E-state index in [0.717, 1.165) is 13.1 Å². The number of carbonyl (C=O) groups excluding carboxylic acids is 3. The summed E-state index contributed by atoms with van der Waals surface area (Å²) in [7, 11) is 1.33. The quantitative estimate of drug-likeness (QED) is 0.571. The van der Waals surface area contributed by atoms with Crippen LogP contribution in [-0.2, 0) is 30.3 Å². The zero-order valence-electron chi connectivity index (χ0n) is 16.6. The lowest BCUT2D eigenvalue weighted by Crippen LogP contribution is -2.53. The number of nitrogens with zero attached hydrogens (tertiary/aromatic N) is 4. The molecule has 1 aromatic heterocycles. The molecule has 2 saturated heterocycles. The Morgan fingerprint density at radius 2 is 1.79 bits per heavy atom. The van der Waals surface area contributed by atoms with E-state index in [1.54, 1.807) is 5.38 Å². The van der Waals surface area contributed by atoms with Crippen molar-refractivity contribution in [2.45, 2.75) is 6.42 Å². The molecule has 0 aliphatic carbocycles. The first-order valence-corrected chi connectivity index (χ1v) is 10.5. The zero-order chi connectivity index (χ0) is 20.6. The number of esters is 1. The van der Waals surface area contributed by atoms with Crippen LogP contribution in [0, 0.1) is 0 Å². The molecule has 1 aromatic rings. The third-order valence-corrected chi connectivity index (χ3v) is 5.71. The number of thiazole rings is 1. The van der Waals surface area contributed by atoms with Gasteiger partial charge < -0.3 is 19.7 Å². The first kappa shape index (κ1) is 21.6. The standard InChI is InChI=1S/C18H27N5O5S/c1-27-17(26)10-14-13-29-18(19-14)20-15(24)11-21-2-4-23(5-3-21)16(25)12-22-6-8-28-9-7-22/h13H,2-12H2,1H3,(H,19,20,24). The van der Waals surface area contributed by atoms with Crippen LogP contribution in [-0.4, -0.2) is 110 Å². The van der Waals surface area contributed by atoms with Gasteiger partial charge in [-0.2, -0.15) is 0 Å². The molecule has 2 aliphatic rings. The molecule has 1 N–H and O–H groups in total. The number of amides is 2. The van der Waals surface area contributed by atoms with Gasteiger partial charge in [-0.15, -0.1) is 11.3 Å². The maximum absolute atomic E-state index is 12.4. The van der Waals surface area contributed by atoms with Crippen LogP contribution in [0.3, 0.4) is 0 Å². The topological polar surface area (TPSA) is 104 Å². The number of ether oxygens (including phenoxy) is 2. The van der Waals surface area contributed by atoms with E-state index in [9.17, 15) is 14.4 Å². The molecule has 2 amide bonds. The largest absolute Gasteiger partial charge is 0.469 e. The average molecular weight is 426 g/mol. The van der Waals surface area contributed by atoms with Crippen molar-refractivity contribution in [2.75, 3.05) is 78.0 Å². The van der Waals surface area contributed by atoms with Crippen molar-refractivity contribution in [1.29, 1.82) is 0 Å². The van der Waals surface area contributed by atoms with Gasteiger partial charge in [-0.25, -0.2) is 4.98 Å². The number of aromatic nitrogens is 1. The number of piperazine rings is 1. The molecule has 3 rings (SSSR count). The summed E-state index contributed by atoms with van der Waals surface area (Å²) in [6.07, 6.45) is 0.0866. The van der Waals surface area contributed by atoms with Crippen LogP contribution in [0.1, 0.15) is 5.69 Å². The minimum absolute atomic E-state index is 0.0866. The number of rotatable bonds is 7. The lowest BCUT2D eigenvalue weighted by Gasteiger charge is -2.36. The summed E-state index contributed by atoms with van der Waals surface area (Å²) in [6.45, 7) is 6.20. The van der Waals surface area contributed by atoms with E-state index in [0.29, 0.717) is 56.8 Å². The summed E-state index contributed by atoms with van der Waals surface area (Å²) in [4.78, 5) is 46.2. The Morgan fingerprint density at radius 3 is 2.48 bits per heavy atom. The van der Waals surface area contributed by atoms with E-state index in [2.05, 4.69) is 19.9 Å². The second-order valence-corrected chi connectivity index (χ2v) is 7.85. The molecule has 29 heavy (non-hydrogen) atoms. The fourth-order valence-electron chi connectivity index (χ4n) is 3.23. The molecule has 11 heteroatoms. The maximum Gasteiger partial charge on any atom is 0.311 e. The monoisotopic (exact) mass is 425 g/mol. The highest BCUT2D eigenvalue weighted by atomic mass is 32.1. The number of hydrogen-bond acceptors (Lipinski definition) is 9. The Bertz CT molecular complexity index is 713. The van der Waals surface area contributed by atoms with Gasteiger partial charge in [0.05, 0.1) is 45.5 Å². The summed E-state index contributed by atoms with van der Waals surface area (Å²) < 4.78 is 9.92. The van der Waals surface area contributed by atoms with Crippen molar-refractivity contribution in [3.05, 3.63) is 11.1 Å². The van der Waals surface area contributed by atoms with Gasteiger partial charge in [0, 0.05) is 44.6 Å². The second kappa shape index (κ2) is 10.6. The highest BCUT2D eigenvalue weighted by Crippen LogP contribution is 2.16. The first-order valence-electron chi connectivity index (χ1n) is 9.65. The van der Waals surface area contributed by atoms with Crippen LogP contribution in [0.25, 0.3) is 0 Å². The Labute approximate surface area is 173 Å². The summed E-state index contributed by atoms with van der Waals surface area (Å²) in [5, 5.41) is 4.96. The number of morpholine rings is 1. The van der Waals surface area contributed by atoms with Crippen molar-refractivity contribution in [3.8, 4) is 0 Å². The van der Waals surface area contributed by atoms with Crippen LogP contribution in [0.4, 0.5) is 5.13 Å². The van der Waals surface area contributed by atoms with Crippen molar-refractivity contribution >= 4 is 34.3 Å². The second-order valence-electron chi connectivity index (χ2n) is 6.99. The molecule has 0 bridgehead atoms. The van der Waals surface area contributed by atoms with Crippen LogP contribution < -0.4 is 5.32 Å². The summed E-state index contributed by atoms with van der Waals surface area (Å²) in [6, 6.07) is 0. The number of methoxy groups -OCH3 is 1. The molecule has 0 unspecified atom stereocenters. The molecule has 2 fully saturated rings. The number of carbonyl (C=O) groups is 3. The Balaban J connectivity index is 1.37. The molecule has 2 aliphatic heterocycles. The van der Waals surface area contributed by atoms with Crippen LogP contribution >= 0.6 is 11.3 Å². The number of hydrogen-bond donors (Lipinski definition) is 1. The molecule has 160 valence electrons. The SMILES string of the molecule is COC(=O)Cc1csc(NC(=O)CN2CCN(C(=O)CN3CCOCC3)CC2)n1. The maximum atomic E-state index is 12.4. The predicted molar refractivity (Wildman–Crippen MR) is 107 cm³/mol. The Morgan fingerprint density at radius 1 is 1.10 bits per heavy atom. The smallest absolute Gasteiger partial charge is 0.311 e. The number of anilines is 1. The fraction of sp³-hybridized carbons (Fsp3) is 0.667. The van der Waals surface area contributed by atoms with Crippen molar-refractivity contribution < 1.29 is 23.9 Å². The molecule has 10 nitrogen and oxygen atoms in total. The molecule has 0 radical (unpaired) electrons. The number of nitrogens with one attached hydrogen (secondary N) is 1. The van der Waals surface area contributed by atoms with Crippen LogP contribution in [0.2, 0.25) is 0 Å². The van der Waals surface area contributed by atoms with Crippen LogP contribution in [0.15, 0.2) is 5.38 Å². The van der Waals surface area contributed by atoms with Gasteiger partial charge >= 0.3 is 5.97 Å². The highest BCUT2D eigenvalue weighted by Gasteiger charge is 2.24. The van der Waals surface area contributed by atoms with E-state index in [-0.39, 0.29) is 30.7 Å². The predicted octanol–water partition coefficient (Wildman–Crippen LogP) is -0.726. The van der Waals surface area contributed by atoms with Gasteiger partial charge in [0.1, 0.15) is 0 Å². The zero-order valence-corrected chi connectivity index (χ0v) is 17.4. The lowest BCUT2D eigenvalue weighted by molar-refractivity contribution is -0.140. The van der Waals surface area contributed by atoms with Gasteiger partial charge in [-0.1, -0.05) is 0 Å². The third kappa shape index (κ3) is 6.74. The third-order valence-electron chi connectivity index (χ3n) is 4.91. The lowest BCUT2D eigenvalue weighted by atomic mass is 10.3. The normalized spacial score (nSPS) is 18.4. The Hall–Kier alpha value is -2.08. The van der Waals surface area contributed by atoms with Gasteiger partial charge in [0.15, 0.2) is 5.13 Å². The summed E-state index contributed by atoms with van der Waals surface area (Å²) >= 11 is 1.28. The van der Waals surface area contributed by atoms with E-state index in [4.69, 9.17) is 4.74 Å². The molecule has 3 heterocycles. The minimum Gasteiger partial charge on any atom is -0.469 e. The average Bonchev–Trinajstić information content (AvgIpc) is 3.15. The molecular weight excluding hydrogens is 398 g/mol. The molecule has 0 aromatic carbocycles. The van der Waals surface area contributed by atoms with E-state index in [1.807, 2.05) is 9.80 Å². The summed E-state index contributed by atoms with van der Waals surface area (Å²) in [5.74, 6) is -0.386. The minimum atomic E-state index is -0.366. The molecular formula is C18H27N5O5S. The highest BCUT2D eigenvalue weighted by molar-refractivity contribution is 7.13. The van der Waals surface area contributed by atoms with Gasteiger partial charge in [0.2, 0.25) is 11.8 Å². The van der Waals surface area contributed by atoms with E-state index in [1.165, 1.54) is 18.4 Å². The van der Waals surface area contributed by atoms with Gasteiger partial charge in [-0.05, 0) is 0 Å². The molecule has 0 saturated carbocycles. The van der Waals surface area contributed by atoms with Crippen molar-refractivity contribution in [3.63, 3.8) is 0 Å². The van der Waals surface area contributed by atoms with Crippen molar-refractivity contribution in [2.24, 2.45) is 0 Å². The van der Waals surface area contributed by atoms with Crippen molar-refractivity contribution in [1.82, 2.24) is 19.7 Å².